The van der Waals surface area contributed by atoms with Crippen molar-refractivity contribution in [2.45, 2.75) is 379 Å². The van der Waals surface area contributed by atoms with E-state index in [4.69, 9.17) is 9.05 Å². The Balaban J connectivity index is 4.03. The van der Waals surface area contributed by atoms with E-state index in [1.54, 1.807) is 6.08 Å². The van der Waals surface area contributed by atoms with Crippen LogP contribution in [0.4, 0.5) is 0 Å². The average molecular weight is 1110 g/mol. The van der Waals surface area contributed by atoms with Crippen LogP contribution in [-0.2, 0) is 18.4 Å². The molecule has 0 aliphatic heterocycles. The number of hydrogen-bond donors (Lipinski definition) is 3. The van der Waals surface area contributed by atoms with Gasteiger partial charge in [0.15, 0.2) is 0 Å². The minimum atomic E-state index is -4.35. The van der Waals surface area contributed by atoms with Crippen LogP contribution in [0.1, 0.15) is 367 Å². The molecule has 0 aromatic heterocycles. The van der Waals surface area contributed by atoms with Gasteiger partial charge in [-0.1, -0.05) is 353 Å². The molecule has 8 nitrogen and oxygen atoms in total. The van der Waals surface area contributed by atoms with E-state index in [2.05, 4.69) is 19.2 Å². The standard InChI is InChI=1S/C68H137N2O6P/c1-6-8-10-12-14-16-18-20-22-24-26-28-30-31-32-33-34-35-36-37-38-40-41-43-45-47-49-51-53-55-57-59-61-67(71)66(65-76-77(73,74)75-64-63-70(3,4)5)69-68(72)62-60-58-56-54-52-50-48-46-44-42-39-29-27-25-23-21-19-17-15-13-11-9-7-2/h59,61,66-67,71H,6-58,60,62-65H2,1-5H3,(H-,69,72,73,74)/p+1/b61-59+. The zero-order valence-corrected chi connectivity index (χ0v) is 53.6. The van der Waals surface area contributed by atoms with Gasteiger partial charge in [-0.15, -0.1) is 0 Å². The number of likely N-dealkylation sites (N-methyl/N-ethyl adjacent to an activating group) is 1. The molecule has 3 unspecified atom stereocenters. The number of carbonyl (C=O) groups is 1. The molecule has 0 rings (SSSR count). The topological polar surface area (TPSA) is 105 Å². The Morgan fingerprint density at radius 2 is 0.688 bits per heavy atom. The van der Waals surface area contributed by atoms with E-state index in [1.165, 1.54) is 315 Å². The molecule has 0 fully saturated rings. The van der Waals surface area contributed by atoms with Gasteiger partial charge in [-0.25, -0.2) is 4.57 Å². The van der Waals surface area contributed by atoms with E-state index in [0.29, 0.717) is 17.4 Å². The molecule has 0 bridgehead atoms. The van der Waals surface area contributed by atoms with Gasteiger partial charge < -0.3 is 19.8 Å². The fourth-order valence-corrected chi connectivity index (χ4v) is 11.6. The van der Waals surface area contributed by atoms with Crippen LogP contribution >= 0.6 is 7.82 Å². The number of hydrogen-bond acceptors (Lipinski definition) is 5. The molecule has 0 spiro atoms. The number of quaternary nitrogens is 1. The second kappa shape index (κ2) is 59.8. The summed E-state index contributed by atoms with van der Waals surface area (Å²) in [5, 5.41) is 14.0. The van der Waals surface area contributed by atoms with Gasteiger partial charge in [-0.2, -0.15) is 0 Å². The highest BCUT2D eigenvalue weighted by Crippen LogP contribution is 2.43. The Hall–Kier alpha value is -0.760. The largest absolute Gasteiger partial charge is 0.472 e. The minimum Gasteiger partial charge on any atom is -0.387 e. The summed E-state index contributed by atoms with van der Waals surface area (Å²) in [5.41, 5.74) is 0. The van der Waals surface area contributed by atoms with Crippen molar-refractivity contribution >= 4 is 13.7 Å². The number of phosphoric acid groups is 1. The Kier molecular flexibility index (Phi) is 59.3. The predicted molar refractivity (Wildman–Crippen MR) is 337 cm³/mol. The van der Waals surface area contributed by atoms with Gasteiger partial charge in [-0.3, -0.25) is 13.8 Å². The molecular weight excluding hydrogens is 972 g/mol. The summed E-state index contributed by atoms with van der Waals surface area (Å²) in [5.74, 6) is -0.167. The lowest BCUT2D eigenvalue weighted by Gasteiger charge is -2.25. The maximum absolute atomic E-state index is 13.0. The Bertz CT molecular complexity index is 1260. The summed E-state index contributed by atoms with van der Waals surface area (Å²) in [7, 11) is 1.60. The van der Waals surface area contributed by atoms with Crippen molar-refractivity contribution in [3.05, 3.63) is 12.2 Å². The monoisotopic (exact) mass is 1110 g/mol. The van der Waals surface area contributed by atoms with Crippen LogP contribution in [0.25, 0.3) is 0 Å². The van der Waals surface area contributed by atoms with Crippen LogP contribution in [0, 0.1) is 0 Å². The van der Waals surface area contributed by atoms with Crippen molar-refractivity contribution in [2.75, 3.05) is 40.9 Å². The lowest BCUT2D eigenvalue weighted by Crippen LogP contribution is -2.45. The molecule has 1 amide bonds. The zero-order chi connectivity index (χ0) is 56.3. The van der Waals surface area contributed by atoms with Gasteiger partial charge >= 0.3 is 7.82 Å². The lowest BCUT2D eigenvalue weighted by atomic mass is 10.0. The van der Waals surface area contributed by atoms with Crippen LogP contribution in [0.15, 0.2) is 12.2 Å². The van der Waals surface area contributed by atoms with Crippen molar-refractivity contribution in [3.63, 3.8) is 0 Å². The maximum Gasteiger partial charge on any atom is 0.472 e. The first-order chi connectivity index (χ1) is 37.5. The molecule has 0 saturated heterocycles. The smallest absolute Gasteiger partial charge is 0.387 e. The van der Waals surface area contributed by atoms with Gasteiger partial charge in [0.25, 0.3) is 0 Å². The molecule has 9 heteroatoms. The lowest BCUT2D eigenvalue weighted by molar-refractivity contribution is -0.870. The van der Waals surface area contributed by atoms with Gasteiger partial charge in [0.2, 0.25) is 5.91 Å². The maximum atomic E-state index is 13.0. The third-order valence-corrected chi connectivity index (χ3v) is 17.2. The van der Waals surface area contributed by atoms with E-state index in [1.807, 2.05) is 27.2 Å². The molecule has 0 saturated carbocycles. The van der Waals surface area contributed by atoms with E-state index < -0.39 is 20.0 Å². The van der Waals surface area contributed by atoms with Gasteiger partial charge in [0.05, 0.1) is 39.9 Å². The number of allylic oxidation sites excluding steroid dienone is 1. The highest BCUT2D eigenvalue weighted by Gasteiger charge is 2.28. The van der Waals surface area contributed by atoms with Gasteiger partial charge in [0.1, 0.15) is 13.2 Å². The van der Waals surface area contributed by atoms with Crippen molar-refractivity contribution in [1.82, 2.24) is 5.32 Å². The van der Waals surface area contributed by atoms with E-state index in [0.717, 1.165) is 32.1 Å². The highest BCUT2D eigenvalue weighted by atomic mass is 31.2. The molecule has 3 N–H and O–H groups in total. The van der Waals surface area contributed by atoms with Crippen LogP contribution in [0.2, 0.25) is 0 Å². The molecule has 0 radical (unpaired) electrons. The molecule has 0 aromatic rings. The number of aliphatic hydroxyl groups is 1. The number of nitrogens with zero attached hydrogens (tertiary/aromatic N) is 1. The number of amides is 1. The Labute approximate surface area is 482 Å². The van der Waals surface area contributed by atoms with Crippen LogP contribution in [0.3, 0.4) is 0 Å². The number of phosphoric ester groups is 1. The molecule has 0 aliphatic rings. The molecule has 77 heavy (non-hydrogen) atoms. The van der Waals surface area contributed by atoms with Crippen LogP contribution < -0.4 is 5.32 Å². The number of nitrogens with one attached hydrogen (secondary N) is 1. The summed E-state index contributed by atoms with van der Waals surface area (Å²) in [6.07, 6.45) is 76.4. The third kappa shape index (κ3) is 62.7. The second-order valence-corrected chi connectivity index (χ2v) is 26.7. The van der Waals surface area contributed by atoms with Crippen molar-refractivity contribution in [3.8, 4) is 0 Å². The predicted octanol–water partition coefficient (Wildman–Crippen LogP) is 21.7. The summed E-state index contributed by atoms with van der Waals surface area (Å²) in [6, 6.07) is -0.843. The highest BCUT2D eigenvalue weighted by molar-refractivity contribution is 7.47. The Morgan fingerprint density at radius 3 is 0.961 bits per heavy atom. The first-order valence-electron chi connectivity index (χ1n) is 34.6. The molecule has 0 aliphatic carbocycles. The van der Waals surface area contributed by atoms with Crippen molar-refractivity contribution in [2.24, 2.45) is 0 Å². The second-order valence-electron chi connectivity index (χ2n) is 25.3. The number of aliphatic hydroxyl groups excluding tert-OH is 1. The fraction of sp³-hybridized carbons (Fsp3) is 0.956. The van der Waals surface area contributed by atoms with Crippen molar-refractivity contribution in [1.29, 1.82) is 0 Å². The van der Waals surface area contributed by atoms with Crippen LogP contribution in [0.5, 0.6) is 0 Å². The molecule has 0 aromatic carbocycles. The Morgan fingerprint density at radius 1 is 0.429 bits per heavy atom. The number of unbranched alkanes of at least 4 members (excludes halogenated alkanes) is 52. The van der Waals surface area contributed by atoms with E-state index in [9.17, 15) is 19.4 Å². The first kappa shape index (κ1) is 76.2. The summed E-state index contributed by atoms with van der Waals surface area (Å²) in [6.45, 7) is 4.89. The fourth-order valence-electron chi connectivity index (χ4n) is 10.9. The summed E-state index contributed by atoms with van der Waals surface area (Å²) >= 11 is 0. The number of carbonyl (C=O) groups excluding carboxylic acids is 1. The molecule has 0 heterocycles. The third-order valence-electron chi connectivity index (χ3n) is 16.3. The SMILES string of the molecule is CCCCCCCCCCCCCCCCCCCCCCCCCCCCCCCC/C=C/C(O)C(COP(=O)(O)OCC[N+](C)(C)C)NC(=O)CCCCCCCCCCCCCCCCCCCCCCCCC. The summed E-state index contributed by atoms with van der Waals surface area (Å²) in [4.78, 5) is 23.4. The van der Waals surface area contributed by atoms with E-state index >= 15 is 0 Å². The molecule has 3 atom stereocenters. The first-order valence-corrected chi connectivity index (χ1v) is 36.1. The average Bonchev–Trinajstić information content (AvgIpc) is 3.39. The summed E-state index contributed by atoms with van der Waals surface area (Å²) < 4.78 is 23.8. The normalized spacial score (nSPS) is 13.7. The van der Waals surface area contributed by atoms with E-state index in [-0.39, 0.29) is 19.1 Å². The van der Waals surface area contributed by atoms with Crippen LogP contribution in [-0.4, -0.2) is 73.4 Å². The number of rotatable bonds is 65. The van der Waals surface area contributed by atoms with Gasteiger partial charge in [-0.05, 0) is 19.3 Å². The molecule has 460 valence electrons. The zero-order valence-electron chi connectivity index (χ0n) is 52.7. The van der Waals surface area contributed by atoms with Gasteiger partial charge in [0, 0.05) is 6.42 Å². The molecular formula is C68H138N2O6P+. The minimum absolute atomic E-state index is 0.0655. The quantitative estimate of drug-likeness (QED) is 0.0243. The van der Waals surface area contributed by atoms with Crippen molar-refractivity contribution < 1.29 is 32.9 Å².